The van der Waals surface area contributed by atoms with Crippen molar-refractivity contribution < 1.29 is 0 Å². The third kappa shape index (κ3) is 4.51. The van der Waals surface area contributed by atoms with Gasteiger partial charge in [0.2, 0.25) is 0 Å². The van der Waals surface area contributed by atoms with E-state index >= 15 is 0 Å². The Kier molecular flexibility index (Phi) is 4.94. The molecule has 1 rings (SSSR count). The van der Waals surface area contributed by atoms with Gasteiger partial charge in [0.25, 0.3) is 5.82 Å². The van der Waals surface area contributed by atoms with E-state index in [0.29, 0.717) is 25.1 Å². The lowest BCUT2D eigenvalue weighted by atomic mass is 10.3. The smallest absolute Gasteiger partial charge is 0.252 e. The highest BCUT2D eigenvalue weighted by atomic mass is 15.3. The molecular weight excluding hydrogens is 218 g/mol. The molecule has 0 aromatic carbocycles. The second-order valence-corrected chi connectivity index (χ2v) is 3.66. The van der Waals surface area contributed by atoms with Crippen LogP contribution in [0.15, 0.2) is 11.3 Å². The zero-order valence-electron chi connectivity index (χ0n) is 10.1. The van der Waals surface area contributed by atoms with Crippen LogP contribution < -0.4 is 11.1 Å². The van der Waals surface area contributed by atoms with E-state index in [2.05, 4.69) is 27.3 Å². The van der Waals surface area contributed by atoms with Crippen LogP contribution >= 0.6 is 0 Å². The lowest BCUT2D eigenvalue weighted by Crippen LogP contribution is -2.38. The summed E-state index contributed by atoms with van der Waals surface area (Å²) < 4.78 is 1.57. The number of nitriles is 1. The van der Waals surface area contributed by atoms with Crippen molar-refractivity contribution in [1.82, 2.24) is 20.1 Å². The lowest BCUT2D eigenvalue weighted by molar-refractivity contribution is 0.611. The summed E-state index contributed by atoms with van der Waals surface area (Å²) in [6, 6.07) is 2.18. The van der Waals surface area contributed by atoms with Gasteiger partial charge in [-0.05, 0) is 13.3 Å². The van der Waals surface area contributed by atoms with Crippen LogP contribution in [0.5, 0.6) is 0 Å². The van der Waals surface area contributed by atoms with E-state index in [9.17, 15) is 0 Å². The van der Waals surface area contributed by atoms with Gasteiger partial charge in [0.1, 0.15) is 12.4 Å². The van der Waals surface area contributed by atoms with Crippen LogP contribution in [0.4, 0.5) is 0 Å². The van der Waals surface area contributed by atoms with Gasteiger partial charge >= 0.3 is 0 Å². The first-order valence-corrected chi connectivity index (χ1v) is 5.51. The fourth-order valence-corrected chi connectivity index (χ4v) is 1.13. The Hall–Kier alpha value is -2.10. The van der Waals surface area contributed by atoms with Crippen molar-refractivity contribution in [2.24, 2.45) is 10.7 Å². The second-order valence-electron chi connectivity index (χ2n) is 3.66. The summed E-state index contributed by atoms with van der Waals surface area (Å²) in [4.78, 5) is 7.94. The molecule has 0 bridgehead atoms. The molecular formula is C10H17N7. The number of aromatic nitrogens is 3. The highest BCUT2D eigenvalue weighted by Crippen LogP contribution is 1.89. The normalized spacial score (nSPS) is 13.1. The molecule has 0 aliphatic carbocycles. The number of nitrogens with one attached hydrogen (secondary N) is 1. The summed E-state index contributed by atoms with van der Waals surface area (Å²) in [5.41, 5.74) is 5.69. The fourth-order valence-electron chi connectivity index (χ4n) is 1.13. The summed E-state index contributed by atoms with van der Waals surface area (Å²) in [5.74, 6) is 0.597. The van der Waals surface area contributed by atoms with Crippen molar-refractivity contribution in [3.8, 4) is 6.07 Å². The molecule has 0 spiro atoms. The molecule has 0 radical (unpaired) electrons. The molecule has 0 saturated heterocycles. The number of rotatable bonds is 5. The molecule has 0 saturated carbocycles. The van der Waals surface area contributed by atoms with E-state index in [4.69, 9.17) is 11.0 Å². The van der Waals surface area contributed by atoms with E-state index < -0.39 is 0 Å². The Labute approximate surface area is 100 Å². The minimum absolute atomic E-state index is 0.166. The van der Waals surface area contributed by atoms with Crippen molar-refractivity contribution in [1.29, 1.82) is 5.26 Å². The Morgan fingerprint density at radius 3 is 3.12 bits per heavy atom. The van der Waals surface area contributed by atoms with Crippen LogP contribution in [-0.2, 0) is 6.54 Å². The standard InChI is InChI=1S/C10H17N7/c1-3-8(2)15-10(12)13-4-5-17-7-14-9(6-11)16-17/h7-8H,3-5H2,1-2H3,(H3,12,13,15). The zero-order valence-corrected chi connectivity index (χ0v) is 10.1. The van der Waals surface area contributed by atoms with Gasteiger partial charge in [0.05, 0.1) is 13.1 Å². The van der Waals surface area contributed by atoms with Crippen LogP contribution in [0, 0.1) is 11.3 Å². The first kappa shape index (κ1) is 13.0. The van der Waals surface area contributed by atoms with E-state index in [0.717, 1.165) is 6.42 Å². The molecule has 7 nitrogen and oxygen atoms in total. The number of guanidine groups is 1. The Balaban J connectivity index is 2.36. The minimum atomic E-state index is 0.166. The molecule has 7 heteroatoms. The maximum atomic E-state index is 8.54. The monoisotopic (exact) mass is 235 g/mol. The maximum absolute atomic E-state index is 8.54. The highest BCUT2D eigenvalue weighted by Gasteiger charge is 2.00. The molecule has 1 unspecified atom stereocenters. The van der Waals surface area contributed by atoms with E-state index in [1.807, 2.05) is 13.0 Å². The fraction of sp³-hybridized carbons (Fsp3) is 0.600. The van der Waals surface area contributed by atoms with Crippen LogP contribution in [-0.4, -0.2) is 33.3 Å². The molecule has 17 heavy (non-hydrogen) atoms. The first-order valence-electron chi connectivity index (χ1n) is 5.51. The van der Waals surface area contributed by atoms with E-state index in [1.165, 1.54) is 6.33 Å². The van der Waals surface area contributed by atoms with Crippen LogP contribution in [0.1, 0.15) is 26.1 Å². The van der Waals surface area contributed by atoms with Crippen molar-refractivity contribution in [2.45, 2.75) is 32.9 Å². The summed E-state index contributed by atoms with van der Waals surface area (Å²) in [6.45, 7) is 5.17. The maximum Gasteiger partial charge on any atom is 0.252 e. The summed E-state index contributed by atoms with van der Waals surface area (Å²) >= 11 is 0. The second kappa shape index (κ2) is 6.48. The molecule has 1 atom stereocenters. The number of hydrogen-bond acceptors (Lipinski definition) is 4. The molecule has 0 aliphatic rings. The zero-order chi connectivity index (χ0) is 12.7. The topological polar surface area (TPSA) is 105 Å². The van der Waals surface area contributed by atoms with Crippen LogP contribution in [0.25, 0.3) is 0 Å². The predicted molar refractivity (Wildman–Crippen MR) is 64.1 cm³/mol. The molecule has 92 valence electrons. The first-order chi connectivity index (χ1) is 8.15. The molecule has 0 fully saturated rings. The number of aliphatic imine (C=N–C) groups is 1. The molecule has 0 aliphatic heterocycles. The van der Waals surface area contributed by atoms with Gasteiger partial charge in [-0.3, -0.25) is 4.99 Å². The van der Waals surface area contributed by atoms with Gasteiger partial charge < -0.3 is 11.1 Å². The van der Waals surface area contributed by atoms with E-state index in [1.54, 1.807) is 4.68 Å². The van der Waals surface area contributed by atoms with Gasteiger partial charge in [-0.1, -0.05) is 6.92 Å². The molecule has 1 heterocycles. The number of nitrogens with zero attached hydrogens (tertiary/aromatic N) is 5. The van der Waals surface area contributed by atoms with Gasteiger partial charge in [-0.25, -0.2) is 9.67 Å². The molecule has 1 aromatic rings. The Morgan fingerprint density at radius 2 is 2.53 bits per heavy atom. The molecule has 3 N–H and O–H groups in total. The van der Waals surface area contributed by atoms with Crippen molar-refractivity contribution >= 4 is 5.96 Å². The van der Waals surface area contributed by atoms with Gasteiger partial charge in [-0.2, -0.15) is 5.26 Å². The summed E-state index contributed by atoms with van der Waals surface area (Å²) in [7, 11) is 0. The minimum Gasteiger partial charge on any atom is -0.370 e. The van der Waals surface area contributed by atoms with Crippen LogP contribution in [0.2, 0.25) is 0 Å². The summed E-state index contributed by atoms with van der Waals surface area (Å²) in [5, 5.41) is 15.5. The van der Waals surface area contributed by atoms with Crippen molar-refractivity contribution in [2.75, 3.05) is 6.54 Å². The SMILES string of the molecule is CCC(C)NC(N)=NCCn1cnc(C#N)n1. The predicted octanol–water partition coefficient (Wildman–Crippen LogP) is -0.147. The van der Waals surface area contributed by atoms with Gasteiger partial charge in [0, 0.05) is 6.04 Å². The largest absolute Gasteiger partial charge is 0.370 e. The summed E-state index contributed by atoms with van der Waals surface area (Å²) in [6.07, 6.45) is 2.50. The average molecular weight is 235 g/mol. The van der Waals surface area contributed by atoms with Crippen molar-refractivity contribution in [3.63, 3.8) is 0 Å². The number of hydrogen-bond donors (Lipinski definition) is 2. The van der Waals surface area contributed by atoms with Gasteiger partial charge in [-0.15, -0.1) is 5.10 Å². The van der Waals surface area contributed by atoms with E-state index in [-0.39, 0.29) is 5.82 Å². The van der Waals surface area contributed by atoms with Crippen LogP contribution in [0.3, 0.4) is 0 Å². The molecule has 0 amide bonds. The third-order valence-corrected chi connectivity index (χ3v) is 2.25. The average Bonchev–Trinajstić information content (AvgIpc) is 2.76. The number of nitrogens with two attached hydrogens (primary N) is 1. The quantitative estimate of drug-likeness (QED) is 0.545. The lowest BCUT2D eigenvalue weighted by Gasteiger charge is -2.11. The van der Waals surface area contributed by atoms with Crippen molar-refractivity contribution in [3.05, 3.63) is 12.2 Å². The Morgan fingerprint density at radius 1 is 1.76 bits per heavy atom. The highest BCUT2D eigenvalue weighted by molar-refractivity contribution is 5.78. The molecule has 1 aromatic heterocycles. The Bertz CT molecular complexity index is 415. The van der Waals surface area contributed by atoms with Gasteiger partial charge in [0.15, 0.2) is 5.96 Å². The third-order valence-electron chi connectivity index (χ3n) is 2.25.